The summed E-state index contributed by atoms with van der Waals surface area (Å²) in [5, 5.41) is 15.4. The normalized spacial score (nSPS) is 16.2. The molecule has 29 heavy (non-hydrogen) atoms. The molecule has 3 rings (SSSR count). The molecule has 1 saturated heterocycles. The number of carbonyl (C=O) groups is 1. The summed E-state index contributed by atoms with van der Waals surface area (Å²) < 4.78 is 27.7. The molecule has 0 spiro atoms. The van der Waals surface area contributed by atoms with Gasteiger partial charge in [-0.3, -0.25) is 4.79 Å². The van der Waals surface area contributed by atoms with Crippen LogP contribution in [0.5, 0.6) is 5.75 Å². The Morgan fingerprint density at radius 3 is 2.48 bits per heavy atom. The van der Waals surface area contributed by atoms with Crippen molar-refractivity contribution in [2.75, 3.05) is 32.7 Å². The van der Waals surface area contributed by atoms with E-state index in [0.717, 1.165) is 9.37 Å². The Morgan fingerprint density at radius 2 is 1.83 bits per heavy atom. The number of hydrazone groups is 1. The van der Waals surface area contributed by atoms with Crippen LogP contribution in [0.4, 0.5) is 0 Å². The zero-order valence-electron chi connectivity index (χ0n) is 15.5. The average Bonchev–Trinajstić information content (AvgIpc) is 2.70. The van der Waals surface area contributed by atoms with Crippen LogP contribution in [0, 0.1) is 0 Å². The van der Waals surface area contributed by atoms with Gasteiger partial charge in [0.25, 0.3) is 5.91 Å². The summed E-state index contributed by atoms with van der Waals surface area (Å²) >= 11 is 3.30. The molecule has 0 aliphatic carbocycles. The fraction of sp³-hybridized carbons (Fsp3) is 0.263. The number of para-hydroxylation sites is 1. The molecule has 1 aliphatic heterocycles. The maximum atomic E-state index is 12.7. The molecular formula is C19H21BrN4O4S. The highest BCUT2D eigenvalue weighted by atomic mass is 79.9. The van der Waals surface area contributed by atoms with Crippen LogP contribution in [0.2, 0.25) is 0 Å². The number of hydrogen-bond acceptors (Lipinski definition) is 5. The zero-order valence-corrected chi connectivity index (χ0v) is 17.9. The van der Waals surface area contributed by atoms with E-state index >= 15 is 0 Å². The average molecular weight is 481 g/mol. The first kappa shape index (κ1) is 21.4. The Kier molecular flexibility index (Phi) is 7.01. The second-order valence-electron chi connectivity index (χ2n) is 6.62. The maximum Gasteiger partial charge on any atom is 0.295 e. The fourth-order valence-corrected chi connectivity index (χ4v) is 4.71. The Labute approximate surface area is 178 Å². The number of rotatable bonds is 6. The second kappa shape index (κ2) is 9.49. The highest BCUT2D eigenvalue weighted by molar-refractivity contribution is 9.10. The molecule has 2 aromatic rings. The molecule has 8 nitrogen and oxygen atoms in total. The van der Waals surface area contributed by atoms with E-state index in [4.69, 9.17) is 0 Å². The van der Waals surface area contributed by atoms with E-state index in [2.05, 4.69) is 26.5 Å². The monoisotopic (exact) mass is 480 g/mol. The number of carbonyl (C=O) groups excluding carboxylic acids is 1. The number of benzene rings is 2. The first-order valence-electron chi connectivity index (χ1n) is 9.03. The lowest BCUT2D eigenvalue weighted by atomic mass is 10.2. The minimum atomic E-state index is -3.53. The van der Waals surface area contributed by atoms with Crippen molar-refractivity contribution in [2.45, 2.75) is 4.90 Å². The van der Waals surface area contributed by atoms with Crippen molar-refractivity contribution in [3.05, 3.63) is 58.6 Å². The van der Waals surface area contributed by atoms with Crippen molar-refractivity contribution in [1.82, 2.24) is 9.73 Å². The highest BCUT2D eigenvalue weighted by Crippen LogP contribution is 2.18. The lowest BCUT2D eigenvalue weighted by molar-refractivity contribution is -0.895. The van der Waals surface area contributed by atoms with Crippen LogP contribution in [0.3, 0.4) is 0 Å². The number of piperazine rings is 1. The van der Waals surface area contributed by atoms with Crippen molar-refractivity contribution >= 4 is 38.1 Å². The van der Waals surface area contributed by atoms with Gasteiger partial charge in [0.1, 0.15) is 0 Å². The van der Waals surface area contributed by atoms with Crippen LogP contribution in [0.1, 0.15) is 5.56 Å². The van der Waals surface area contributed by atoms with Gasteiger partial charge in [-0.25, -0.2) is 13.8 Å². The third-order valence-corrected chi connectivity index (χ3v) is 7.04. The number of halogens is 1. The fourth-order valence-electron chi connectivity index (χ4n) is 3.00. The topological polar surface area (TPSA) is 106 Å². The summed E-state index contributed by atoms with van der Waals surface area (Å²) in [5.41, 5.74) is 2.81. The molecule has 0 aromatic heterocycles. The van der Waals surface area contributed by atoms with E-state index in [9.17, 15) is 18.3 Å². The minimum Gasteiger partial charge on any atom is -0.872 e. The minimum absolute atomic E-state index is 0.167. The smallest absolute Gasteiger partial charge is 0.295 e. The summed E-state index contributed by atoms with van der Waals surface area (Å²) in [5.74, 6) is -0.455. The molecule has 154 valence electrons. The molecule has 1 heterocycles. The third kappa shape index (κ3) is 5.63. The molecule has 1 amide bonds. The molecule has 0 bridgehead atoms. The molecule has 2 N–H and O–H groups in total. The van der Waals surface area contributed by atoms with Crippen molar-refractivity contribution < 1.29 is 23.2 Å². The molecule has 0 unspecified atom stereocenters. The van der Waals surface area contributed by atoms with Crippen LogP contribution in [0.15, 0.2) is 63.0 Å². The van der Waals surface area contributed by atoms with E-state index in [-0.39, 0.29) is 23.1 Å². The number of sulfonamides is 1. The van der Waals surface area contributed by atoms with Crippen LogP contribution < -0.4 is 15.4 Å². The van der Waals surface area contributed by atoms with E-state index < -0.39 is 10.0 Å². The van der Waals surface area contributed by atoms with Gasteiger partial charge in [0.05, 0.1) is 37.3 Å². The molecular weight excluding hydrogens is 460 g/mol. The van der Waals surface area contributed by atoms with Gasteiger partial charge in [-0.2, -0.15) is 9.41 Å². The molecule has 0 atom stereocenters. The number of quaternary nitrogens is 1. The van der Waals surface area contributed by atoms with Gasteiger partial charge in [-0.05, 0) is 29.8 Å². The zero-order chi connectivity index (χ0) is 20.9. The van der Waals surface area contributed by atoms with E-state index in [1.54, 1.807) is 42.5 Å². The van der Waals surface area contributed by atoms with Crippen molar-refractivity contribution in [3.63, 3.8) is 0 Å². The molecule has 0 saturated carbocycles. The van der Waals surface area contributed by atoms with Gasteiger partial charge in [-0.15, -0.1) is 0 Å². The Hall–Kier alpha value is -2.27. The second-order valence-corrected chi connectivity index (χ2v) is 9.47. The summed E-state index contributed by atoms with van der Waals surface area (Å²) in [7, 11) is -3.53. The van der Waals surface area contributed by atoms with Crippen LogP contribution in [-0.2, 0) is 14.8 Å². The quantitative estimate of drug-likeness (QED) is 0.431. The molecule has 2 aromatic carbocycles. The van der Waals surface area contributed by atoms with Gasteiger partial charge in [0.2, 0.25) is 10.0 Å². The largest absolute Gasteiger partial charge is 0.872 e. The van der Waals surface area contributed by atoms with E-state index in [1.807, 2.05) is 0 Å². The molecule has 10 heteroatoms. The van der Waals surface area contributed by atoms with Gasteiger partial charge in [0, 0.05) is 4.47 Å². The number of nitrogens with zero attached hydrogens (tertiary/aromatic N) is 2. The molecule has 0 radical (unpaired) electrons. The Bertz CT molecular complexity index is 988. The lowest BCUT2D eigenvalue weighted by Gasteiger charge is -2.31. The Morgan fingerprint density at radius 1 is 1.17 bits per heavy atom. The van der Waals surface area contributed by atoms with Crippen LogP contribution in [0.25, 0.3) is 0 Å². The lowest BCUT2D eigenvalue weighted by Crippen LogP contribution is -3.15. The van der Waals surface area contributed by atoms with Crippen molar-refractivity contribution in [1.29, 1.82) is 0 Å². The van der Waals surface area contributed by atoms with Crippen LogP contribution in [-0.4, -0.2) is 57.6 Å². The van der Waals surface area contributed by atoms with E-state index in [1.165, 1.54) is 16.6 Å². The SMILES string of the molecule is O=C(C[NH+]1CCN(S(=O)(=O)c2ccc(Br)cc2)CC1)N/N=C/c1ccccc1[O-]. The Balaban J connectivity index is 1.48. The predicted octanol–water partition coefficient (Wildman–Crippen LogP) is -0.438. The third-order valence-electron chi connectivity index (χ3n) is 4.60. The van der Waals surface area contributed by atoms with Gasteiger partial charge < -0.3 is 10.0 Å². The van der Waals surface area contributed by atoms with Gasteiger partial charge >= 0.3 is 0 Å². The van der Waals surface area contributed by atoms with Crippen molar-refractivity contribution in [2.24, 2.45) is 5.10 Å². The predicted molar refractivity (Wildman–Crippen MR) is 110 cm³/mol. The number of nitrogens with one attached hydrogen (secondary N) is 2. The summed E-state index contributed by atoms with van der Waals surface area (Å²) in [4.78, 5) is 13.3. The van der Waals surface area contributed by atoms with E-state index in [0.29, 0.717) is 31.7 Å². The summed E-state index contributed by atoms with van der Waals surface area (Å²) in [6.45, 7) is 1.91. The summed E-state index contributed by atoms with van der Waals surface area (Å²) in [6.07, 6.45) is 1.32. The van der Waals surface area contributed by atoms with Crippen LogP contribution >= 0.6 is 15.9 Å². The molecule has 1 aliphatic rings. The maximum absolute atomic E-state index is 12.7. The first-order chi connectivity index (χ1) is 13.9. The summed E-state index contributed by atoms with van der Waals surface area (Å²) in [6, 6.07) is 12.9. The number of amides is 1. The number of hydrogen-bond donors (Lipinski definition) is 2. The van der Waals surface area contributed by atoms with Gasteiger partial charge in [0.15, 0.2) is 6.54 Å². The highest BCUT2D eigenvalue weighted by Gasteiger charge is 2.31. The standard InChI is InChI=1S/C19H21BrN4O4S/c20-16-5-7-17(8-6-16)29(27,28)24-11-9-23(10-12-24)14-19(26)22-21-13-15-3-1-2-4-18(15)25/h1-8,13,25H,9-12,14H2,(H,22,26)/b21-13+. The van der Waals surface area contributed by atoms with Gasteiger partial charge in [-0.1, -0.05) is 45.9 Å². The first-order valence-corrected chi connectivity index (χ1v) is 11.3. The molecule has 1 fully saturated rings. The van der Waals surface area contributed by atoms with Crippen molar-refractivity contribution in [3.8, 4) is 5.75 Å².